The van der Waals surface area contributed by atoms with E-state index in [9.17, 15) is 30.0 Å². The molecule has 2 fully saturated rings. The van der Waals surface area contributed by atoms with Crippen molar-refractivity contribution in [2.75, 3.05) is 13.2 Å². The third-order valence-corrected chi connectivity index (χ3v) is 6.61. The third-order valence-electron chi connectivity index (χ3n) is 6.61. The zero-order chi connectivity index (χ0) is 21.8. The highest BCUT2D eigenvalue weighted by molar-refractivity contribution is 6.11. The normalized spacial score (nSPS) is 41.4. The van der Waals surface area contributed by atoms with Crippen LogP contribution in [-0.2, 0) is 23.8 Å². The maximum atomic E-state index is 12.8. The molecular weight excluding hydrogens is 396 g/mol. The predicted molar refractivity (Wildman–Crippen MR) is 101 cm³/mol. The Kier molecular flexibility index (Phi) is 5.46. The first-order valence-corrected chi connectivity index (χ1v) is 9.99. The average Bonchev–Trinajstić information content (AvgIpc) is 2.86. The molecule has 2 aliphatic carbocycles. The summed E-state index contributed by atoms with van der Waals surface area (Å²) < 4.78 is 16.8. The maximum Gasteiger partial charge on any atom is 0.334 e. The molecule has 9 nitrogen and oxygen atoms in total. The van der Waals surface area contributed by atoms with Crippen LogP contribution in [0.25, 0.3) is 0 Å². The van der Waals surface area contributed by atoms with Gasteiger partial charge in [-0.05, 0) is 42.9 Å². The van der Waals surface area contributed by atoms with Gasteiger partial charge in [-0.15, -0.1) is 0 Å². The summed E-state index contributed by atoms with van der Waals surface area (Å²) in [5.41, 5.74) is 0.900. The van der Waals surface area contributed by atoms with Crippen LogP contribution in [0.15, 0.2) is 34.9 Å². The van der Waals surface area contributed by atoms with Gasteiger partial charge in [-0.1, -0.05) is 6.58 Å². The Bertz CT molecular complexity index is 841. The van der Waals surface area contributed by atoms with E-state index in [4.69, 9.17) is 14.2 Å². The van der Waals surface area contributed by atoms with E-state index in [1.54, 1.807) is 6.92 Å². The van der Waals surface area contributed by atoms with Crippen molar-refractivity contribution in [1.29, 1.82) is 0 Å². The fourth-order valence-corrected chi connectivity index (χ4v) is 4.82. The van der Waals surface area contributed by atoms with Crippen molar-refractivity contribution in [2.45, 2.75) is 62.5 Å². The number of carbonyl (C=O) groups excluding carboxylic acids is 2. The summed E-state index contributed by atoms with van der Waals surface area (Å²) in [6.45, 7) is 4.92. The number of hydrogen-bond acceptors (Lipinski definition) is 9. The number of rotatable bonds is 4. The van der Waals surface area contributed by atoms with Gasteiger partial charge >= 0.3 is 5.97 Å². The summed E-state index contributed by atoms with van der Waals surface area (Å²) in [5.74, 6) is -0.886. The van der Waals surface area contributed by atoms with Gasteiger partial charge in [0.15, 0.2) is 17.7 Å². The molecule has 30 heavy (non-hydrogen) atoms. The first-order chi connectivity index (χ1) is 14.2. The molecule has 9 heteroatoms. The predicted octanol–water partition coefficient (Wildman–Crippen LogP) is -0.720. The highest BCUT2D eigenvalue weighted by Gasteiger charge is 2.55. The van der Waals surface area contributed by atoms with Gasteiger partial charge in [0.1, 0.15) is 24.4 Å². The Morgan fingerprint density at radius 3 is 2.67 bits per heavy atom. The van der Waals surface area contributed by atoms with Crippen LogP contribution in [0.5, 0.6) is 0 Å². The molecule has 4 N–H and O–H groups in total. The fraction of sp³-hybridized carbons (Fsp3) is 0.619. The summed E-state index contributed by atoms with van der Waals surface area (Å²) in [6, 6.07) is 0. The van der Waals surface area contributed by atoms with Gasteiger partial charge in [0, 0.05) is 17.6 Å². The largest absolute Gasteiger partial charge is 0.446 e. The van der Waals surface area contributed by atoms with Gasteiger partial charge in [-0.2, -0.15) is 0 Å². The minimum atomic E-state index is -1.56. The number of aliphatic hydroxyl groups excluding tert-OH is 4. The van der Waals surface area contributed by atoms with Crippen LogP contribution in [0.4, 0.5) is 0 Å². The lowest BCUT2D eigenvalue weighted by molar-refractivity contribution is -0.299. The molecule has 0 amide bonds. The van der Waals surface area contributed by atoms with Gasteiger partial charge < -0.3 is 34.6 Å². The molecule has 0 unspecified atom stereocenters. The SMILES string of the molecule is C=C1C(=O)O[C@]23C[C@H]1CCC(CO[C@@H]1O[C@H](CO)[C@@H](O)[C@@H](O)[C@@H]1O)=C2C(=O)C=C3C. The molecule has 4 rings (SSSR count). The fourth-order valence-electron chi connectivity index (χ4n) is 4.82. The van der Waals surface area contributed by atoms with E-state index < -0.39 is 48.9 Å². The van der Waals surface area contributed by atoms with E-state index in [-0.39, 0.29) is 18.3 Å². The summed E-state index contributed by atoms with van der Waals surface area (Å²) >= 11 is 0. The minimum Gasteiger partial charge on any atom is -0.446 e. The molecule has 2 heterocycles. The van der Waals surface area contributed by atoms with Crippen molar-refractivity contribution in [3.63, 3.8) is 0 Å². The summed E-state index contributed by atoms with van der Waals surface area (Å²) in [4.78, 5) is 25.2. The number of fused-ring (bicyclic) bond motifs is 1. The van der Waals surface area contributed by atoms with Crippen LogP contribution in [0.1, 0.15) is 26.2 Å². The van der Waals surface area contributed by atoms with Crippen molar-refractivity contribution in [3.8, 4) is 0 Å². The summed E-state index contributed by atoms with van der Waals surface area (Å²) in [7, 11) is 0. The zero-order valence-corrected chi connectivity index (χ0v) is 16.6. The van der Waals surface area contributed by atoms with Crippen molar-refractivity contribution in [3.05, 3.63) is 34.9 Å². The number of aliphatic hydroxyl groups is 4. The van der Waals surface area contributed by atoms with Crippen LogP contribution in [0.3, 0.4) is 0 Å². The van der Waals surface area contributed by atoms with E-state index in [1.165, 1.54) is 6.08 Å². The molecule has 4 aliphatic rings. The Labute approximate surface area is 173 Å². The van der Waals surface area contributed by atoms with Crippen molar-refractivity contribution in [2.24, 2.45) is 5.92 Å². The highest BCUT2D eigenvalue weighted by Crippen LogP contribution is 2.51. The van der Waals surface area contributed by atoms with E-state index in [0.29, 0.717) is 41.6 Å². The quantitative estimate of drug-likeness (QED) is 0.341. The second-order valence-corrected chi connectivity index (χ2v) is 8.36. The summed E-state index contributed by atoms with van der Waals surface area (Å²) in [6.07, 6.45) is -4.02. The molecule has 2 bridgehead atoms. The van der Waals surface area contributed by atoms with Crippen molar-refractivity contribution < 1.29 is 44.2 Å². The molecule has 2 aliphatic heterocycles. The smallest absolute Gasteiger partial charge is 0.334 e. The van der Waals surface area contributed by atoms with Crippen LogP contribution < -0.4 is 0 Å². The topological polar surface area (TPSA) is 143 Å². The zero-order valence-electron chi connectivity index (χ0n) is 16.6. The molecule has 164 valence electrons. The van der Waals surface area contributed by atoms with Gasteiger partial charge in [0.2, 0.25) is 0 Å². The molecule has 1 spiro atoms. The number of ether oxygens (including phenoxy) is 3. The second-order valence-electron chi connectivity index (χ2n) is 8.36. The Balaban J connectivity index is 1.61. The number of allylic oxidation sites excluding steroid dienone is 1. The Hall–Kier alpha value is -1.88. The van der Waals surface area contributed by atoms with Crippen LogP contribution in [-0.4, -0.2) is 81.7 Å². The lowest BCUT2D eigenvalue weighted by Crippen LogP contribution is -2.59. The molecule has 0 aromatic carbocycles. The molecule has 0 aromatic heterocycles. The lowest BCUT2D eigenvalue weighted by Gasteiger charge is -2.40. The maximum absolute atomic E-state index is 12.8. The van der Waals surface area contributed by atoms with Gasteiger partial charge in [-0.3, -0.25) is 4.79 Å². The van der Waals surface area contributed by atoms with Crippen LogP contribution in [0, 0.1) is 5.92 Å². The number of esters is 1. The Morgan fingerprint density at radius 1 is 1.23 bits per heavy atom. The van der Waals surface area contributed by atoms with Crippen molar-refractivity contribution in [1.82, 2.24) is 0 Å². The standard InChI is InChI=1S/C21H26O9/c1-9-5-13(23)15-12(4-3-11-6-21(9,15)30-19(27)10(11)2)8-28-20-18(26)17(25)16(24)14(7-22)29-20/h5,11,14,16-18,20,22,24-26H,2-4,6-8H2,1H3/t11-,14-,16-,17-,18+,20-,21+/m1/s1. The Morgan fingerprint density at radius 2 is 1.97 bits per heavy atom. The molecular formula is C21H26O9. The van der Waals surface area contributed by atoms with E-state index in [0.717, 1.165) is 0 Å². The molecule has 7 atom stereocenters. The molecule has 0 radical (unpaired) electrons. The number of hydrogen-bond donors (Lipinski definition) is 4. The van der Waals surface area contributed by atoms with Crippen LogP contribution in [0.2, 0.25) is 0 Å². The first kappa shape index (κ1) is 21.4. The van der Waals surface area contributed by atoms with Gasteiger partial charge in [-0.25, -0.2) is 4.79 Å². The molecule has 0 saturated carbocycles. The van der Waals surface area contributed by atoms with Gasteiger partial charge in [0.05, 0.1) is 13.2 Å². The number of ketones is 1. The third kappa shape index (κ3) is 3.17. The van der Waals surface area contributed by atoms with Gasteiger partial charge in [0.25, 0.3) is 0 Å². The first-order valence-electron chi connectivity index (χ1n) is 9.99. The van der Waals surface area contributed by atoms with E-state index in [2.05, 4.69) is 6.58 Å². The molecule has 2 saturated heterocycles. The highest BCUT2D eigenvalue weighted by atomic mass is 16.7. The number of carbonyl (C=O) groups is 2. The lowest BCUT2D eigenvalue weighted by atomic mass is 9.78. The monoisotopic (exact) mass is 422 g/mol. The summed E-state index contributed by atoms with van der Waals surface area (Å²) in [5, 5.41) is 39.4. The second kappa shape index (κ2) is 7.67. The van der Waals surface area contributed by atoms with E-state index in [1.807, 2.05) is 0 Å². The average molecular weight is 422 g/mol. The van der Waals surface area contributed by atoms with E-state index >= 15 is 0 Å². The van der Waals surface area contributed by atoms with Crippen LogP contribution >= 0.6 is 0 Å². The van der Waals surface area contributed by atoms with Crippen molar-refractivity contribution >= 4 is 11.8 Å². The molecule has 0 aromatic rings. The minimum absolute atomic E-state index is 0.108.